The Bertz CT molecular complexity index is 951. The average Bonchev–Trinajstić information content (AvgIpc) is 2.86. The molecule has 0 spiro atoms. The van der Waals surface area contributed by atoms with Gasteiger partial charge in [-0.25, -0.2) is 14.0 Å². The third-order valence-electron chi connectivity index (χ3n) is 3.18. The van der Waals surface area contributed by atoms with Crippen LogP contribution in [0, 0.1) is 12.3 Å². The molecule has 2 aromatic heterocycles. The summed E-state index contributed by atoms with van der Waals surface area (Å²) >= 11 is 12.1. The van der Waals surface area contributed by atoms with Crippen LogP contribution in [0.4, 0.5) is 0 Å². The molecule has 1 aromatic carbocycles. The molecule has 0 radical (unpaired) electrons. The Labute approximate surface area is 142 Å². The molecule has 0 unspecified atom stereocenters. The van der Waals surface area contributed by atoms with Crippen LogP contribution in [-0.4, -0.2) is 19.3 Å². The van der Waals surface area contributed by atoms with Crippen molar-refractivity contribution in [1.29, 1.82) is 0 Å². The van der Waals surface area contributed by atoms with Crippen molar-refractivity contribution in [3.63, 3.8) is 0 Å². The number of hydrogen-bond donors (Lipinski definition) is 0. The van der Waals surface area contributed by atoms with Crippen LogP contribution in [0.15, 0.2) is 47.5 Å². The van der Waals surface area contributed by atoms with Crippen molar-refractivity contribution in [3.05, 3.63) is 63.3 Å². The van der Waals surface area contributed by atoms with E-state index in [9.17, 15) is 4.79 Å². The number of pyridine rings is 1. The van der Waals surface area contributed by atoms with E-state index in [0.29, 0.717) is 27.1 Å². The summed E-state index contributed by atoms with van der Waals surface area (Å²) < 4.78 is 2.65. The number of benzene rings is 1. The molecule has 114 valence electrons. The van der Waals surface area contributed by atoms with Crippen LogP contribution in [0.2, 0.25) is 10.0 Å². The van der Waals surface area contributed by atoms with E-state index in [0.717, 1.165) is 0 Å². The molecular weight excluding hydrogens is 335 g/mol. The largest absolute Gasteiger partial charge is 0.351 e. The van der Waals surface area contributed by atoms with Gasteiger partial charge in [-0.05, 0) is 30.3 Å². The lowest BCUT2D eigenvalue weighted by Gasteiger charge is -2.06. The van der Waals surface area contributed by atoms with E-state index in [1.165, 1.54) is 15.4 Å². The van der Waals surface area contributed by atoms with Crippen molar-refractivity contribution >= 4 is 23.2 Å². The summed E-state index contributed by atoms with van der Waals surface area (Å²) in [5, 5.41) is 5.27. The first-order valence-corrected chi connectivity index (χ1v) is 7.36. The minimum Gasteiger partial charge on any atom is -0.263 e. The molecule has 0 saturated carbocycles. The molecule has 5 nitrogen and oxygen atoms in total. The zero-order valence-electron chi connectivity index (χ0n) is 11.8. The maximum atomic E-state index is 12.6. The molecule has 0 aliphatic rings. The average molecular weight is 345 g/mol. The van der Waals surface area contributed by atoms with Gasteiger partial charge in [-0.3, -0.25) is 4.98 Å². The Hall–Kier alpha value is -2.55. The summed E-state index contributed by atoms with van der Waals surface area (Å²) in [5.74, 6) is 2.80. The number of hydrogen-bond acceptors (Lipinski definition) is 3. The minimum absolute atomic E-state index is 0.0646. The molecule has 0 aliphatic heterocycles. The van der Waals surface area contributed by atoms with Gasteiger partial charge in [0, 0.05) is 23.0 Å². The second-order valence-electron chi connectivity index (χ2n) is 4.64. The quantitative estimate of drug-likeness (QED) is 0.686. The summed E-state index contributed by atoms with van der Waals surface area (Å²) in [4.78, 5) is 16.6. The van der Waals surface area contributed by atoms with Crippen LogP contribution < -0.4 is 5.69 Å². The van der Waals surface area contributed by atoms with Gasteiger partial charge in [-0.15, -0.1) is 11.5 Å². The highest BCUT2D eigenvalue weighted by Crippen LogP contribution is 2.26. The molecule has 0 atom stereocenters. The predicted molar refractivity (Wildman–Crippen MR) is 89.9 cm³/mol. The summed E-state index contributed by atoms with van der Waals surface area (Å²) in [7, 11) is 0. The standard InChI is InChI=1S/C16H10Cl2N4O/c1-2-9-21-16(23)22(12-5-3-11(17)4-6-12)15(20-21)13-7-8-19-10-14(13)18/h1,3-8,10H,9H2. The van der Waals surface area contributed by atoms with Gasteiger partial charge in [0.05, 0.1) is 10.7 Å². The van der Waals surface area contributed by atoms with Crippen molar-refractivity contribution in [1.82, 2.24) is 19.3 Å². The number of nitrogens with zero attached hydrogens (tertiary/aromatic N) is 4. The van der Waals surface area contributed by atoms with Gasteiger partial charge in [-0.1, -0.05) is 29.1 Å². The number of rotatable bonds is 3. The van der Waals surface area contributed by atoms with Crippen LogP contribution in [0.25, 0.3) is 17.1 Å². The molecule has 7 heteroatoms. The van der Waals surface area contributed by atoms with Gasteiger partial charge in [0.25, 0.3) is 0 Å². The van der Waals surface area contributed by atoms with Crippen LogP contribution in [0.1, 0.15) is 0 Å². The molecule has 0 N–H and O–H groups in total. The summed E-state index contributed by atoms with van der Waals surface area (Å²) in [6.07, 6.45) is 8.38. The second-order valence-corrected chi connectivity index (χ2v) is 5.48. The fourth-order valence-electron chi connectivity index (χ4n) is 2.15. The molecule has 23 heavy (non-hydrogen) atoms. The van der Waals surface area contributed by atoms with Gasteiger partial charge in [-0.2, -0.15) is 0 Å². The van der Waals surface area contributed by atoms with E-state index in [1.807, 2.05) is 0 Å². The van der Waals surface area contributed by atoms with Crippen LogP contribution in [0.3, 0.4) is 0 Å². The number of halogens is 2. The summed E-state index contributed by atoms with van der Waals surface area (Å²) in [6, 6.07) is 8.53. The number of aromatic nitrogens is 4. The molecule has 2 heterocycles. The second kappa shape index (κ2) is 6.29. The lowest BCUT2D eigenvalue weighted by atomic mass is 10.2. The fourth-order valence-corrected chi connectivity index (χ4v) is 2.48. The normalized spacial score (nSPS) is 10.5. The smallest absolute Gasteiger partial charge is 0.263 e. The summed E-state index contributed by atoms with van der Waals surface area (Å²) in [6.45, 7) is 0.0646. The minimum atomic E-state index is -0.354. The van der Waals surface area contributed by atoms with Crippen LogP contribution >= 0.6 is 23.2 Å². The van der Waals surface area contributed by atoms with E-state index in [1.54, 1.807) is 36.5 Å². The van der Waals surface area contributed by atoms with Gasteiger partial charge in [0.15, 0.2) is 5.82 Å². The van der Waals surface area contributed by atoms with Gasteiger partial charge in [0.1, 0.15) is 6.54 Å². The van der Waals surface area contributed by atoms with E-state index in [-0.39, 0.29) is 12.2 Å². The van der Waals surface area contributed by atoms with Crippen LogP contribution in [-0.2, 0) is 6.54 Å². The Morgan fingerprint density at radius 1 is 1.17 bits per heavy atom. The third kappa shape index (κ3) is 2.87. The Kier molecular flexibility index (Phi) is 4.20. The monoisotopic (exact) mass is 344 g/mol. The number of terminal acetylenes is 1. The molecule has 0 aliphatic carbocycles. The topological polar surface area (TPSA) is 52.7 Å². The lowest BCUT2D eigenvalue weighted by Crippen LogP contribution is -2.23. The first kappa shape index (κ1) is 15.3. The highest BCUT2D eigenvalue weighted by Gasteiger charge is 2.18. The summed E-state index contributed by atoms with van der Waals surface area (Å²) in [5.41, 5.74) is 0.850. The van der Waals surface area contributed by atoms with Gasteiger partial charge >= 0.3 is 5.69 Å². The van der Waals surface area contributed by atoms with Crippen molar-refractivity contribution in [2.75, 3.05) is 0 Å². The molecule has 0 amide bonds. The van der Waals surface area contributed by atoms with Crippen molar-refractivity contribution < 1.29 is 0 Å². The van der Waals surface area contributed by atoms with E-state index < -0.39 is 0 Å². The van der Waals surface area contributed by atoms with Crippen LogP contribution in [0.5, 0.6) is 0 Å². The Morgan fingerprint density at radius 2 is 1.91 bits per heavy atom. The molecular formula is C16H10Cl2N4O. The Balaban J connectivity index is 2.29. The SMILES string of the molecule is C#CCn1nc(-c2ccncc2Cl)n(-c2ccc(Cl)cc2)c1=O. The van der Waals surface area contributed by atoms with Crippen molar-refractivity contribution in [2.45, 2.75) is 6.54 Å². The maximum absolute atomic E-state index is 12.6. The molecule has 0 bridgehead atoms. The molecule has 0 fully saturated rings. The predicted octanol–water partition coefficient (Wildman–Crippen LogP) is 3.04. The lowest BCUT2D eigenvalue weighted by molar-refractivity contribution is 0.680. The third-order valence-corrected chi connectivity index (χ3v) is 3.73. The Morgan fingerprint density at radius 3 is 2.57 bits per heavy atom. The molecule has 3 rings (SSSR count). The maximum Gasteiger partial charge on any atom is 0.351 e. The van der Waals surface area contributed by atoms with Gasteiger partial charge in [0.2, 0.25) is 0 Å². The van der Waals surface area contributed by atoms with E-state index >= 15 is 0 Å². The highest BCUT2D eigenvalue weighted by molar-refractivity contribution is 6.33. The van der Waals surface area contributed by atoms with Crippen molar-refractivity contribution in [3.8, 4) is 29.4 Å². The first-order valence-electron chi connectivity index (χ1n) is 6.61. The van der Waals surface area contributed by atoms with E-state index in [4.69, 9.17) is 29.6 Å². The van der Waals surface area contributed by atoms with Gasteiger partial charge < -0.3 is 0 Å². The highest BCUT2D eigenvalue weighted by atomic mass is 35.5. The molecule has 0 saturated heterocycles. The van der Waals surface area contributed by atoms with E-state index in [2.05, 4.69) is 16.0 Å². The first-order chi connectivity index (χ1) is 11.1. The molecule has 3 aromatic rings. The van der Waals surface area contributed by atoms with Crippen molar-refractivity contribution in [2.24, 2.45) is 0 Å². The fraction of sp³-hybridized carbons (Fsp3) is 0.0625. The zero-order valence-corrected chi connectivity index (χ0v) is 13.3. The zero-order chi connectivity index (χ0) is 16.4.